The topological polar surface area (TPSA) is 141 Å². The maximum Gasteiger partial charge on any atom is 0.178 e. The average Bonchev–Trinajstić information content (AvgIpc) is 1.50. The molecule has 16 aliphatic carbocycles. The molecule has 0 aromatic heterocycles. The summed E-state index contributed by atoms with van der Waals surface area (Å²) in [7, 11) is 0. The highest BCUT2D eigenvalue weighted by atomic mass is 16.7. The van der Waals surface area contributed by atoms with Crippen LogP contribution in [0.15, 0.2) is 70.9 Å². The molecule has 560 valence electrons. The molecule has 11 nitrogen and oxygen atoms in total. The van der Waals surface area contributed by atoms with E-state index in [1.807, 2.05) is 30.4 Å². The summed E-state index contributed by atoms with van der Waals surface area (Å²) >= 11 is 0. The first kappa shape index (κ1) is 72.7. The summed E-state index contributed by atoms with van der Waals surface area (Å²) in [5.74, 6) is 11.4. The van der Waals surface area contributed by atoms with E-state index >= 15 is 0 Å². The first-order chi connectivity index (χ1) is 48.4. The molecule has 0 aromatic carbocycles. The van der Waals surface area contributed by atoms with Crippen molar-refractivity contribution in [1.82, 2.24) is 0 Å². The highest BCUT2D eigenvalue weighted by molar-refractivity contribution is 6.02. The Morgan fingerprint density at radius 3 is 1.14 bits per heavy atom. The molecule has 0 amide bonds. The van der Waals surface area contributed by atoms with Crippen LogP contribution < -0.4 is 0 Å². The molecular formula is C91H130O11. The van der Waals surface area contributed by atoms with Gasteiger partial charge in [0.15, 0.2) is 40.5 Å². The van der Waals surface area contributed by atoms with E-state index in [0.717, 1.165) is 144 Å². The summed E-state index contributed by atoms with van der Waals surface area (Å²) in [6.07, 6.45) is 48.4. The number of carbonyl (C=O) groups is 5. The van der Waals surface area contributed by atoms with Crippen molar-refractivity contribution < 1.29 is 52.4 Å². The maximum atomic E-state index is 12.3. The van der Waals surface area contributed by atoms with E-state index in [1.54, 1.807) is 13.0 Å². The zero-order chi connectivity index (χ0) is 71.7. The fraction of sp³-hybridized carbons (Fsp3) is 0.813. The number of allylic oxidation sites excluding steroid dienone is 10. The zero-order valence-corrected chi connectivity index (χ0v) is 65.3. The minimum Gasteiger partial charge on any atom is -0.348 e. The molecule has 102 heavy (non-hydrogen) atoms. The van der Waals surface area contributed by atoms with Gasteiger partial charge in [0, 0.05) is 46.8 Å². The number of carbonyl (C=O) groups excluding carboxylic acids is 5. The maximum absolute atomic E-state index is 12.3. The van der Waals surface area contributed by atoms with Crippen molar-refractivity contribution in [2.45, 2.75) is 281 Å². The largest absolute Gasteiger partial charge is 0.348 e. The van der Waals surface area contributed by atoms with Crippen LogP contribution in [-0.2, 0) is 52.4 Å². The van der Waals surface area contributed by atoms with Gasteiger partial charge in [0.05, 0.1) is 39.6 Å². The molecule has 3 aliphatic heterocycles. The molecule has 0 N–H and O–H groups in total. The van der Waals surface area contributed by atoms with Gasteiger partial charge in [-0.1, -0.05) is 96.8 Å². The predicted octanol–water partition coefficient (Wildman–Crippen LogP) is 19.2. The van der Waals surface area contributed by atoms with Gasteiger partial charge in [-0.3, -0.25) is 24.0 Å². The third kappa shape index (κ3) is 11.2. The molecule has 0 bridgehead atoms. The second-order valence-electron chi connectivity index (χ2n) is 40.1. The van der Waals surface area contributed by atoms with Crippen molar-refractivity contribution in [2.24, 2.45) is 144 Å². The minimum absolute atomic E-state index is 0.0759. The van der Waals surface area contributed by atoms with Crippen molar-refractivity contribution in [3.8, 4) is 0 Å². The lowest BCUT2D eigenvalue weighted by Gasteiger charge is -2.59. The van der Waals surface area contributed by atoms with Crippen molar-refractivity contribution in [3.63, 3.8) is 0 Å². The molecule has 19 rings (SSSR count). The first-order valence-corrected chi connectivity index (χ1v) is 42.1. The molecule has 12 saturated carbocycles. The smallest absolute Gasteiger partial charge is 0.178 e. The summed E-state index contributed by atoms with van der Waals surface area (Å²) in [4.78, 5) is 60.1. The van der Waals surface area contributed by atoms with Gasteiger partial charge in [-0.05, 0) is 335 Å². The van der Waals surface area contributed by atoms with E-state index in [-0.39, 0.29) is 67.8 Å². The number of hydrogen-bond acceptors (Lipinski definition) is 11. The zero-order valence-electron chi connectivity index (χ0n) is 65.3. The molecule has 15 fully saturated rings. The van der Waals surface area contributed by atoms with Gasteiger partial charge in [-0.15, -0.1) is 0 Å². The molecule has 0 aromatic rings. The number of Topliss-reactive ketones (excluding diaryl/α,β-unsaturated/α-hetero) is 1. The van der Waals surface area contributed by atoms with E-state index in [1.165, 1.54) is 144 Å². The fourth-order valence-corrected chi connectivity index (χ4v) is 31.3. The Bertz CT molecular complexity index is 3540. The quantitative estimate of drug-likeness (QED) is 0.266. The number of ketones is 5. The van der Waals surface area contributed by atoms with Crippen LogP contribution in [0.1, 0.15) is 263 Å². The molecule has 0 radical (unpaired) electrons. The van der Waals surface area contributed by atoms with Crippen molar-refractivity contribution in [1.29, 1.82) is 0 Å². The van der Waals surface area contributed by atoms with Gasteiger partial charge >= 0.3 is 0 Å². The van der Waals surface area contributed by atoms with Gasteiger partial charge in [-0.2, -0.15) is 0 Å². The van der Waals surface area contributed by atoms with Crippen LogP contribution in [0.3, 0.4) is 0 Å². The van der Waals surface area contributed by atoms with Crippen molar-refractivity contribution >= 4 is 28.9 Å². The van der Waals surface area contributed by atoms with E-state index in [0.29, 0.717) is 69.1 Å². The summed E-state index contributed by atoms with van der Waals surface area (Å²) in [5.41, 5.74) is 7.63. The van der Waals surface area contributed by atoms with Gasteiger partial charge < -0.3 is 28.4 Å². The highest BCUT2D eigenvalue weighted by Crippen LogP contribution is 2.73. The summed E-state index contributed by atoms with van der Waals surface area (Å²) in [5, 5.41) is 0. The Hall–Kier alpha value is -3.45. The Labute approximate surface area is 613 Å². The fourth-order valence-electron chi connectivity index (χ4n) is 31.3. The molecule has 3 heterocycles. The second-order valence-corrected chi connectivity index (χ2v) is 40.1. The van der Waals surface area contributed by atoms with Crippen molar-refractivity contribution in [2.75, 3.05) is 39.6 Å². The molecular weight excluding hydrogens is 1270 g/mol. The van der Waals surface area contributed by atoms with Crippen LogP contribution >= 0.6 is 0 Å². The molecule has 0 spiro atoms. The van der Waals surface area contributed by atoms with Crippen LogP contribution in [0.4, 0.5) is 0 Å². The average molecular weight is 1400 g/mol. The number of fused-ring (bicyclic) bond motifs is 20. The third-order valence-electron chi connectivity index (χ3n) is 36.3. The van der Waals surface area contributed by atoms with Gasteiger partial charge in [0.1, 0.15) is 5.78 Å². The second kappa shape index (κ2) is 25.9. The Morgan fingerprint density at radius 1 is 0.363 bits per heavy atom. The van der Waals surface area contributed by atoms with E-state index < -0.39 is 0 Å². The van der Waals surface area contributed by atoms with Crippen LogP contribution in [0.5, 0.6) is 0 Å². The molecule has 25 atom stereocenters. The Morgan fingerprint density at radius 2 is 0.716 bits per heavy atom. The van der Waals surface area contributed by atoms with Crippen LogP contribution in [0, 0.1) is 144 Å². The molecule has 11 heteroatoms. The van der Waals surface area contributed by atoms with E-state index in [9.17, 15) is 24.0 Å². The minimum atomic E-state index is -0.378. The SMILES string of the molecule is CC(=O)[C@H]1CCC2C3CCC4=CC(=O)C=C[C@]4(C)C3CC[C@@]21C.CC1([C@H]2CCC3C4CCC5=CC(=O)C=C[C@]5(C)C4CC[C@@]32C)OCCO1.CC1([C@H]2CCC3C4CCC5=CC(=O)CC[C@]5(C)C4CC[C@@]32C)OCCO1.CC1C[C@@]2(C)C(=CC1=O)CCC1C2CC[C@@]2(C)C1CC[C@@H]2C1(C)OCCO1. The van der Waals surface area contributed by atoms with Crippen LogP contribution in [0.25, 0.3) is 0 Å². The van der Waals surface area contributed by atoms with Crippen molar-refractivity contribution in [3.05, 3.63) is 70.9 Å². The third-order valence-corrected chi connectivity index (χ3v) is 36.3. The predicted molar refractivity (Wildman–Crippen MR) is 397 cm³/mol. The van der Waals surface area contributed by atoms with E-state index in [2.05, 4.69) is 95.2 Å². The first-order valence-electron chi connectivity index (χ1n) is 42.1. The summed E-state index contributed by atoms with van der Waals surface area (Å²) in [6.45, 7) is 34.7. The van der Waals surface area contributed by atoms with Crippen LogP contribution in [0.2, 0.25) is 0 Å². The number of rotatable bonds is 4. The Balaban J connectivity index is 0.000000105. The lowest BCUT2D eigenvalue weighted by atomic mass is 9.46. The van der Waals surface area contributed by atoms with Gasteiger partial charge in [0.25, 0.3) is 0 Å². The normalized spacial score (nSPS) is 49.8. The molecule has 19 aliphatic rings. The summed E-state index contributed by atoms with van der Waals surface area (Å²) in [6, 6.07) is 0. The van der Waals surface area contributed by atoms with Gasteiger partial charge in [-0.25, -0.2) is 0 Å². The Kier molecular flexibility index (Phi) is 18.4. The van der Waals surface area contributed by atoms with Gasteiger partial charge in [0.2, 0.25) is 0 Å². The highest BCUT2D eigenvalue weighted by Gasteiger charge is 2.68. The number of hydrogen-bond donors (Lipinski definition) is 0. The summed E-state index contributed by atoms with van der Waals surface area (Å²) < 4.78 is 36.7. The monoisotopic (exact) mass is 1400 g/mol. The molecule has 3 saturated heterocycles. The standard InChI is InChI=1S/C24H36O3.C23H34O3.C23H32O3.C21H28O2/c1-15-14-23(3)16(13-20(15)25)5-6-17-18-7-8-21(24(4)26-11-12-27-24)22(18,2)10-9-19(17)23;2*1-21-10-8-16(24)14-15(21)4-5-17-18-6-7-20(23(3)25-12-13-26-23)22(18,2)11-9-19(17)21;1-13(22)17-6-7-18-16-5-4-14-12-15(23)8-10-20(14,2)19(16)9-11-21(17,18)3/h13,15,17-19,21H,5-12,14H2,1-4H3;14,17-20H,4-13H2,1-3H3;8,10,14,17-20H,4-7,9,11-13H2,1-3H3;8,10,12,16-19H,4-7,9,11H2,1-3H3/t15?,17?,18?,19?,21-,22-,23-;2*17?,18?,19?,20-,21-,22-;16?,17-,18?,19?,20+,21-/m0001/s1. The lowest BCUT2D eigenvalue weighted by Crippen LogP contribution is -2.53. The molecule has 13 unspecified atom stereocenters. The van der Waals surface area contributed by atoms with E-state index in [4.69, 9.17) is 28.4 Å². The van der Waals surface area contributed by atoms with Crippen LogP contribution in [-0.4, -0.2) is 85.9 Å². The number of ether oxygens (including phenoxy) is 6. The lowest BCUT2D eigenvalue weighted by molar-refractivity contribution is -0.215.